The Bertz CT molecular complexity index is 683. The van der Waals surface area contributed by atoms with E-state index in [1.54, 1.807) is 13.8 Å². The Morgan fingerprint density at radius 2 is 1.96 bits per heavy atom. The second-order valence-electron chi connectivity index (χ2n) is 5.81. The van der Waals surface area contributed by atoms with Crippen LogP contribution in [0.2, 0.25) is 0 Å². The molecule has 0 aromatic heterocycles. The molecule has 128 valence electrons. The zero-order valence-corrected chi connectivity index (χ0v) is 13.2. The highest BCUT2D eigenvalue weighted by Crippen LogP contribution is 2.22. The van der Waals surface area contributed by atoms with Crippen LogP contribution in [-0.2, 0) is 4.79 Å². The molecule has 0 saturated carbocycles. The van der Waals surface area contributed by atoms with Gasteiger partial charge < -0.3 is 15.3 Å². The van der Waals surface area contributed by atoms with Gasteiger partial charge in [0.15, 0.2) is 0 Å². The average Bonchev–Trinajstić information content (AvgIpc) is 2.52. The molecular weight excluding hydrogens is 318 g/mol. The van der Waals surface area contributed by atoms with Crippen LogP contribution >= 0.6 is 0 Å². The van der Waals surface area contributed by atoms with Gasteiger partial charge in [-0.1, -0.05) is 13.8 Å². The molecular formula is C15H17N3O6. The lowest BCUT2D eigenvalue weighted by molar-refractivity contribution is -0.384. The van der Waals surface area contributed by atoms with Gasteiger partial charge >= 0.3 is 5.97 Å². The number of nitro groups is 1. The quantitative estimate of drug-likeness (QED) is 0.621. The minimum atomic E-state index is -1.37. The summed E-state index contributed by atoms with van der Waals surface area (Å²) in [4.78, 5) is 47.4. The maximum atomic E-state index is 12.7. The predicted octanol–water partition coefficient (Wildman–Crippen LogP) is 0.890. The van der Waals surface area contributed by atoms with Gasteiger partial charge in [0.2, 0.25) is 5.91 Å². The van der Waals surface area contributed by atoms with Crippen molar-refractivity contribution in [1.29, 1.82) is 0 Å². The second kappa shape index (κ2) is 6.65. The highest BCUT2D eigenvalue weighted by Gasteiger charge is 2.36. The van der Waals surface area contributed by atoms with Crippen LogP contribution in [0, 0.1) is 16.0 Å². The van der Waals surface area contributed by atoms with Crippen molar-refractivity contribution in [2.45, 2.75) is 19.9 Å². The Kier molecular flexibility index (Phi) is 4.82. The van der Waals surface area contributed by atoms with Crippen LogP contribution in [0.4, 0.5) is 5.69 Å². The molecule has 1 aliphatic heterocycles. The molecule has 0 aliphatic carbocycles. The monoisotopic (exact) mass is 335 g/mol. The molecule has 0 bridgehead atoms. The van der Waals surface area contributed by atoms with E-state index >= 15 is 0 Å². The third-order valence-electron chi connectivity index (χ3n) is 3.77. The number of hydrogen-bond donors (Lipinski definition) is 2. The Morgan fingerprint density at radius 1 is 1.33 bits per heavy atom. The summed E-state index contributed by atoms with van der Waals surface area (Å²) in [5, 5.41) is 22.7. The number of benzene rings is 1. The number of carboxylic acids is 1. The molecule has 1 aliphatic rings. The first-order valence-electron chi connectivity index (χ1n) is 7.34. The van der Waals surface area contributed by atoms with Crippen molar-refractivity contribution in [2.75, 3.05) is 13.1 Å². The number of carboxylic acid groups (broad SMARTS) is 1. The lowest BCUT2D eigenvalue weighted by atomic mass is 9.98. The Hall–Kier alpha value is -2.97. The van der Waals surface area contributed by atoms with Gasteiger partial charge in [0.05, 0.1) is 10.5 Å². The normalized spacial score (nSPS) is 17.5. The minimum Gasteiger partial charge on any atom is -0.478 e. The summed E-state index contributed by atoms with van der Waals surface area (Å²) < 4.78 is 0. The number of rotatable bonds is 4. The standard InChI is InChI=1S/C15H17N3O6/c1-8(2)12-13(19)16-3-4-17(12)14(20)9-5-10(15(21)22)7-11(6-9)18(23)24/h5-8,12H,3-4H2,1-2H3,(H,16,19)(H,21,22). The van der Waals surface area contributed by atoms with Crippen LogP contribution in [0.1, 0.15) is 34.6 Å². The molecule has 9 heteroatoms. The smallest absolute Gasteiger partial charge is 0.335 e. The van der Waals surface area contributed by atoms with Crippen LogP contribution < -0.4 is 5.32 Å². The van der Waals surface area contributed by atoms with Crippen LogP contribution in [0.5, 0.6) is 0 Å². The molecule has 2 amide bonds. The van der Waals surface area contributed by atoms with Gasteiger partial charge in [-0.05, 0) is 12.0 Å². The molecule has 1 aromatic carbocycles. The van der Waals surface area contributed by atoms with Gasteiger partial charge in [0.1, 0.15) is 6.04 Å². The molecule has 0 radical (unpaired) electrons. The first kappa shape index (κ1) is 17.4. The Morgan fingerprint density at radius 3 is 2.50 bits per heavy atom. The van der Waals surface area contributed by atoms with Crippen molar-refractivity contribution in [1.82, 2.24) is 10.2 Å². The summed E-state index contributed by atoms with van der Waals surface area (Å²) >= 11 is 0. The number of nitrogens with zero attached hydrogens (tertiary/aromatic N) is 2. The van der Waals surface area contributed by atoms with Crippen molar-refractivity contribution >= 4 is 23.5 Å². The molecule has 1 unspecified atom stereocenters. The Balaban J connectivity index is 2.46. The van der Waals surface area contributed by atoms with Crippen molar-refractivity contribution in [2.24, 2.45) is 5.92 Å². The number of carbonyl (C=O) groups excluding carboxylic acids is 2. The molecule has 2 N–H and O–H groups in total. The van der Waals surface area contributed by atoms with E-state index < -0.39 is 28.5 Å². The fourth-order valence-electron chi connectivity index (χ4n) is 2.70. The first-order chi connectivity index (χ1) is 11.2. The number of carbonyl (C=O) groups is 3. The van der Waals surface area contributed by atoms with Gasteiger partial charge in [0, 0.05) is 30.8 Å². The van der Waals surface area contributed by atoms with Crippen molar-refractivity contribution in [3.63, 3.8) is 0 Å². The van der Waals surface area contributed by atoms with E-state index in [1.165, 1.54) is 4.90 Å². The van der Waals surface area contributed by atoms with E-state index in [1.807, 2.05) is 0 Å². The average molecular weight is 335 g/mol. The predicted molar refractivity (Wildman–Crippen MR) is 82.7 cm³/mol. The third kappa shape index (κ3) is 3.34. The molecule has 1 atom stereocenters. The van der Waals surface area contributed by atoms with Crippen LogP contribution in [0.15, 0.2) is 18.2 Å². The fraction of sp³-hybridized carbons (Fsp3) is 0.400. The van der Waals surface area contributed by atoms with E-state index in [0.717, 1.165) is 18.2 Å². The van der Waals surface area contributed by atoms with Crippen LogP contribution in [-0.4, -0.2) is 51.8 Å². The summed E-state index contributed by atoms with van der Waals surface area (Å²) in [5.74, 6) is -2.43. The zero-order valence-electron chi connectivity index (χ0n) is 13.2. The molecule has 1 aromatic rings. The fourth-order valence-corrected chi connectivity index (χ4v) is 2.70. The van der Waals surface area contributed by atoms with Gasteiger partial charge in [-0.25, -0.2) is 4.79 Å². The van der Waals surface area contributed by atoms with E-state index in [0.29, 0.717) is 0 Å². The molecule has 9 nitrogen and oxygen atoms in total. The topological polar surface area (TPSA) is 130 Å². The highest BCUT2D eigenvalue weighted by atomic mass is 16.6. The maximum absolute atomic E-state index is 12.7. The van der Waals surface area contributed by atoms with E-state index in [4.69, 9.17) is 5.11 Å². The van der Waals surface area contributed by atoms with E-state index in [2.05, 4.69) is 5.32 Å². The summed E-state index contributed by atoms with van der Waals surface area (Å²) in [5.41, 5.74) is -0.960. The van der Waals surface area contributed by atoms with Crippen LogP contribution in [0.3, 0.4) is 0 Å². The summed E-state index contributed by atoms with van der Waals surface area (Å²) in [6.45, 7) is 4.09. The SMILES string of the molecule is CC(C)C1C(=O)NCCN1C(=O)c1cc(C(=O)O)cc([N+](=O)[O-])c1. The number of nitro benzene ring substituents is 1. The number of nitrogens with one attached hydrogen (secondary N) is 1. The number of piperazine rings is 1. The van der Waals surface area contributed by atoms with Crippen molar-refractivity contribution < 1.29 is 24.4 Å². The lowest BCUT2D eigenvalue weighted by Crippen LogP contribution is -2.59. The number of aromatic carboxylic acids is 1. The van der Waals surface area contributed by atoms with Gasteiger partial charge in [-0.3, -0.25) is 19.7 Å². The molecule has 1 heterocycles. The van der Waals surface area contributed by atoms with Crippen molar-refractivity contribution in [3.8, 4) is 0 Å². The second-order valence-corrected chi connectivity index (χ2v) is 5.81. The number of hydrogen-bond acceptors (Lipinski definition) is 5. The largest absolute Gasteiger partial charge is 0.478 e. The van der Waals surface area contributed by atoms with Crippen molar-refractivity contribution in [3.05, 3.63) is 39.4 Å². The summed E-state index contributed by atoms with van der Waals surface area (Å²) in [6.07, 6.45) is 0. The Labute approximate surface area is 137 Å². The summed E-state index contributed by atoms with van der Waals surface area (Å²) in [7, 11) is 0. The zero-order chi connectivity index (χ0) is 18.0. The van der Waals surface area contributed by atoms with Crippen LogP contribution in [0.25, 0.3) is 0 Å². The van der Waals surface area contributed by atoms with Gasteiger partial charge in [-0.2, -0.15) is 0 Å². The molecule has 1 saturated heterocycles. The van der Waals surface area contributed by atoms with Gasteiger partial charge in [0.25, 0.3) is 11.6 Å². The molecule has 0 spiro atoms. The first-order valence-corrected chi connectivity index (χ1v) is 7.34. The maximum Gasteiger partial charge on any atom is 0.335 e. The molecule has 24 heavy (non-hydrogen) atoms. The minimum absolute atomic E-state index is 0.123. The third-order valence-corrected chi connectivity index (χ3v) is 3.77. The van der Waals surface area contributed by atoms with Gasteiger partial charge in [-0.15, -0.1) is 0 Å². The van der Waals surface area contributed by atoms with E-state index in [9.17, 15) is 24.5 Å². The molecule has 2 rings (SSSR count). The van der Waals surface area contributed by atoms with E-state index in [-0.39, 0.29) is 36.0 Å². The number of amides is 2. The number of non-ortho nitro benzene ring substituents is 1. The molecule has 1 fully saturated rings. The lowest BCUT2D eigenvalue weighted by Gasteiger charge is -2.37. The highest BCUT2D eigenvalue weighted by molar-refractivity contribution is 6.01. The summed E-state index contributed by atoms with van der Waals surface area (Å²) in [6, 6.07) is 2.29.